The van der Waals surface area contributed by atoms with Gasteiger partial charge in [0.05, 0.1) is 0 Å². The van der Waals surface area contributed by atoms with Gasteiger partial charge in [-0.15, -0.1) is 0 Å². The van der Waals surface area contributed by atoms with Gasteiger partial charge >= 0.3 is 0 Å². The quantitative estimate of drug-likeness (QED) is 0.842. The molecule has 6 heteroatoms. The number of amides is 1. The van der Waals surface area contributed by atoms with Gasteiger partial charge in [0.1, 0.15) is 16.8 Å². The van der Waals surface area contributed by atoms with Crippen molar-refractivity contribution in [3.8, 4) is 0 Å². The van der Waals surface area contributed by atoms with Crippen LogP contribution in [0.15, 0.2) is 0 Å². The summed E-state index contributed by atoms with van der Waals surface area (Å²) in [5.41, 5.74) is 0.875. The SMILES string of the molecule is Cc1c(Cl)nc(C(C)C)nc1N1CCNC(=O)CC1. The predicted octanol–water partition coefficient (Wildman–Crippen LogP) is 1.89. The highest BCUT2D eigenvalue weighted by Crippen LogP contribution is 2.26. The minimum absolute atomic E-state index is 0.0874. The van der Waals surface area contributed by atoms with E-state index in [9.17, 15) is 4.79 Å². The van der Waals surface area contributed by atoms with Crippen molar-refractivity contribution in [2.45, 2.75) is 33.1 Å². The van der Waals surface area contributed by atoms with E-state index in [0.29, 0.717) is 24.7 Å². The second-order valence-corrected chi connectivity index (χ2v) is 5.42. The van der Waals surface area contributed by atoms with Crippen molar-refractivity contribution < 1.29 is 4.79 Å². The molecule has 0 radical (unpaired) electrons. The van der Waals surface area contributed by atoms with Crippen LogP contribution in [-0.4, -0.2) is 35.5 Å². The Morgan fingerprint density at radius 2 is 2.05 bits per heavy atom. The van der Waals surface area contributed by atoms with Gasteiger partial charge in [-0.3, -0.25) is 4.79 Å². The van der Waals surface area contributed by atoms with Crippen molar-refractivity contribution in [3.63, 3.8) is 0 Å². The smallest absolute Gasteiger partial charge is 0.221 e. The fourth-order valence-electron chi connectivity index (χ4n) is 2.04. The molecular weight excluding hydrogens is 264 g/mol. The first-order chi connectivity index (χ1) is 8.99. The zero-order valence-electron chi connectivity index (χ0n) is 11.5. The van der Waals surface area contributed by atoms with Crippen LogP contribution in [0.2, 0.25) is 5.15 Å². The molecule has 5 nitrogen and oxygen atoms in total. The molecule has 0 bridgehead atoms. The number of carbonyl (C=O) groups is 1. The number of rotatable bonds is 2. The third-order valence-electron chi connectivity index (χ3n) is 3.21. The van der Waals surface area contributed by atoms with E-state index < -0.39 is 0 Å². The van der Waals surface area contributed by atoms with Crippen molar-refractivity contribution in [1.29, 1.82) is 0 Å². The Morgan fingerprint density at radius 1 is 1.32 bits per heavy atom. The van der Waals surface area contributed by atoms with Crippen LogP contribution < -0.4 is 10.2 Å². The van der Waals surface area contributed by atoms with Crippen LogP contribution in [0, 0.1) is 6.92 Å². The Kier molecular flexibility index (Phi) is 4.24. The van der Waals surface area contributed by atoms with Crippen LogP contribution in [-0.2, 0) is 4.79 Å². The number of halogens is 1. The zero-order valence-corrected chi connectivity index (χ0v) is 12.3. The van der Waals surface area contributed by atoms with E-state index in [1.54, 1.807) is 0 Å². The van der Waals surface area contributed by atoms with E-state index in [1.807, 2.05) is 20.8 Å². The topological polar surface area (TPSA) is 58.1 Å². The van der Waals surface area contributed by atoms with Gasteiger partial charge < -0.3 is 10.2 Å². The number of nitrogens with one attached hydrogen (secondary N) is 1. The molecule has 1 amide bonds. The molecule has 0 aromatic carbocycles. The molecule has 1 aromatic heterocycles. The second kappa shape index (κ2) is 5.74. The van der Waals surface area contributed by atoms with Crippen molar-refractivity contribution in [1.82, 2.24) is 15.3 Å². The summed E-state index contributed by atoms with van der Waals surface area (Å²) in [6.07, 6.45) is 0.484. The molecule has 19 heavy (non-hydrogen) atoms. The van der Waals surface area contributed by atoms with Crippen LogP contribution >= 0.6 is 11.6 Å². The normalized spacial score (nSPS) is 16.5. The lowest BCUT2D eigenvalue weighted by Gasteiger charge is -2.23. The highest BCUT2D eigenvalue weighted by Gasteiger charge is 2.20. The maximum absolute atomic E-state index is 11.4. The molecule has 104 valence electrons. The summed E-state index contributed by atoms with van der Waals surface area (Å²) in [4.78, 5) is 22.4. The summed E-state index contributed by atoms with van der Waals surface area (Å²) >= 11 is 6.19. The molecule has 0 aliphatic carbocycles. The fraction of sp³-hybridized carbons (Fsp3) is 0.615. The summed E-state index contributed by atoms with van der Waals surface area (Å²) in [5, 5.41) is 3.36. The first-order valence-corrected chi connectivity index (χ1v) is 6.92. The van der Waals surface area contributed by atoms with Gasteiger partial charge in [0.15, 0.2) is 0 Å². The van der Waals surface area contributed by atoms with Gasteiger partial charge in [-0.05, 0) is 6.92 Å². The molecule has 0 atom stereocenters. The number of hydrogen-bond donors (Lipinski definition) is 1. The average Bonchev–Trinajstić information content (AvgIpc) is 2.57. The van der Waals surface area contributed by atoms with Crippen molar-refractivity contribution in [2.75, 3.05) is 24.5 Å². The Balaban J connectivity index is 2.34. The lowest BCUT2D eigenvalue weighted by Crippen LogP contribution is -2.30. The molecule has 1 aliphatic rings. The third-order valence-corrected chi connectivity index (χ3v) is 3.57. The van der Waals surface area contributed by atoms with E-state index in [2.05, 4.69) is 20.2 Å². The van der Waals surface area contributed by atoms with Crippen LogP contribution in [0.4, 0.5) is 5.82 Å². The molecular formula is C13H19ClN4O. The van der Waals surface area contributed by atoms with E-state index >= 15 is 0 Å². The van der Waals surface area contributed by atoms with Crippen LogP contribution in [0.5, 0.6) is 0 Å². The van der Waals surface area contributed by atoms with Crippen molar-refractivity contribution in [3.05, 3.63) is 16.5 Å². The maximum Gasteiger partial charge on any atom is 0.221 e. The van der Waals surface area contributed by atoms with Crippen LogP contribution in [0.1, 0.15) is 37.6 Å². The molecule has 0 saturated carbocycles. The van der Waals surface area contributed by atoms with E-state index in [0.717, 1.165) is 23.8 Å². The number of anilines is 1. The molecule has 1 aromatic rings. The molecule has 2 rings (SSSR count). The van der Waals surface area contributed by atoms with Crippen LogP contribution in [0.3, 0.4) is 0 Å². The van der Waals surface area contributed by atoms with E-state index in [1.165, 1.54) is 0 Å². The molecule has 2 heterocycles. The predicted molar refractivity (Wildman–Crippen MR) is 75.7 cm³/mol. The van der Waals surface area contributed by atoms with Crippen LogP contribution in [0.25, 0.3) is 0 Å². The Morgan fingerprint density at radius 3 is 2.74 bits per heavy atom. The minimum Gasteiger partial charge on any atom is -0.354 e. The molecule has 1 saturated heterocycles. The second-order valence-electron chi connectivity index (χ2n) is 5.06. The summed E-state index contributed by atoms with van der Waals surface area (Å²) in [6, 6.07) is 0. The zero-order chi connectivity index (χ0) is 14.0. The lowest BCUT2D eigenvalue weighted by atomic mass is 10.2. The van der Waals surface area contributed by atoms with Gasteiger partial charge in [0.25, 0.3) is 0 Å². The van der Waals surface area contributed by atoms with Gasteiger partial charge in [0.2, 0.25) is 5.91 Å². The molecule has 1 N–H and O–H groups in total. The van der Waals surface area contributed by atoms with Crippen molar-refractivity contribution in [2.24, 2.45) is 0 Å². The first-order valence-electron chi connectivity index (χ1n) is 6.54. The molecule has 0 unspecified atom stereocenters. The maximum atomic E-state index is 11.4. The molecule has 1 fully saturated rings. The lowest BCUT2D eigenvalue weighted by molar-refractivity contribution is -0.120. The summed E-state index contributed by atoms with van der Waals surface area (Å²) in [7, 11) is 0. The summed E-state index contributed by atoms with van der Waals surface area (Å²) in [6.45, 7) is 8.05. The first kappa shape index (κ1) is 14.1. The number of carbonyl (C=O) groups excluding carboxylic acids is 1. The standard InChI is InChI=1S/C13H19ClN4O/c1-8(2)12-16-11(14)9(3)13(17-12)18-6-4-10(19)15-5-7-18/h8H,4-7H2,1-3H3,(H,15,19). The fourth-order valence-corrected chi connectivity index (χ4v) is 2.21. The van der Waals surface area contributed by atoms with E-state index in [-0.39, 0.29) is 11.8 Å². The molecule has 1 aliphatic heterocycles. The van der Waals surface area contributed by atoms with Gasteiger partial charge in [0, 0.05) is 37.5 Å². The average molecular weight is 283 g/mol. The summed E-state index contributed by atoms with van der Waals surface area (Å²) in [5.74, 6) is 1.90. The monoisotopic (exact) mass is 282 g/mol. The Bertz CT molecular complexity index is 490. The number of nitrogens with zero attached hydrogens (tertiary/aromatic N) is 3. The van der Waals surface area contributed by atoms with Gasteiger partial charge in [-0.2, -0.15) is 0 Å². The number of aromatic nitrogens is 2. The summed E-state index contributed by atoms with van der Waals surface area (Å²) < 4.78 is 0. The minimum atomic E-state index is 0.0874. The van der Waals surface area contributed by atoms with Gasteiger partial charge in [-0.1, -0.05) is 25.4 Å². The highest BCUT2D eigenvalue weighted by atomic mass is 35.5. The largest absolute Gasteiger partial charge is 0.354 e. The Labute approximate surface area is 118 Å². The number of hydrogen-bond acceptors (Lipinski definition) is 4. The van der Waals surface area contributed by atoms with Gasteiger partial charge in [-0.25, -0.2) is 9.97 Å². The Hall–Kier alpha value is -1.36. The van der Waals surface area contributed by atoms with Crippen molar-refractivity contribution >= 4 is 23.3 Å². The molecule has 0 spiro atoms. The highest BCUT2D eigenvalue weighted by molar-refractivity contribution is 6.30. The van der Waals surface area contributed by atoms with E-state index in [4.69, 9.17) is 11.6 Å². The third kappa shape index (κ3) is 3.15.